The molecule has 0 aromatic rings. The van der Waals surface area contributed by atoms with Crippen LogP contribution >= 0.6 is 12.2 Å². The maximum absolute atomic E-state index is 12.5. The van der Waals surface area contributed by atoms with E-state index in [1.54, 1.807) is 0 Å². The number of imide groups is 1. The molecule has 2 amide bonds. The van der Waals surface area contributed by atoms with Gasteiger partial charge in [-0.15, -0.1) is 0 Å². The van der Waals surface area contributed by atoms with Crippen molar-refractivity contribution < 1.29 is 9.59 Å². The molecule has 3 atom stereocenters. The van der Waals surface area contributed by atoms with Gasteiger partial charge >= 0.3 is 0 Å². The summed E-state index contributed by atoms with van der Waals surface area (Å²) in [6.07, 6.45) is 3.95. The van der Waals surface area contributed by atoms with E-state index in [1.165, 1.54) is 4.90 Å². The molecular formula is C14H22N2O2S. The van der Waals surface area contributed by atoms with Crippen LogP contribution in [0.25, 0.3) is 0 Å². The molecule has 5 heteroatoms. The van der Waals surface area contributed by atoms with Crippen molar-refractivity contribution in [3.05, 3.63) is 0 Å². The minimum Gasteiger partial charge on any atom is -0.393 e. The van der Waals surface area contributed by atoms with Gasteiger partial charge in [0.2, 0.25) is 11.8 Å². The lowest BCUT2D eigenvalue weighted by Crippen LogP contribution is -2.42. The Morgan fingerprint density at radius 1 is 1.32 bits per heavy atom. The SMILES string of the molecule is CCC1CC2C(=O)N(C(CC)CC(N)=S)C(=O)C2C1. The maximum atomic E-state index is 12.5. The van der Waals surface area contributed by atoms with Crippen molar-refractivity contribution in [3.8, 4) is 0 Å². The lowest BCUT2D eigenvalue weighted by molar-refractivity contribution is -0.143. The van der Waals surface area contributed by atoms with Crippen molar-refractivity contribution in [1.82, 2.24) is 4.90 Å². The van der Waals surface area contributed by atoms with Gasteiger partial charge in [0, 0.05) is 12.5 Å². The van der Waals surface area contributed by atoms with Gasteiger partial charge in [-0.05, 0) is 25.2 Å². The van der Waals surface area contributed by atoms with Gasteiger partial charge in [0.15, 0.2) is 0 Å². The molecule has 1 aliphatic carbocycles. The normalized spacial score (nSPS) is 31.7. The van der Waals surface area contributed by atoms with E-state index in [1.807, 2.05) is 6.92 Å². The smallest absolute Gasteiger partial charge is 0.233 e. The Hall–Kier alpha value is -0.970. The lowest BCUT2D eigenvalue weighted by atomic mass is 10.00. The molecule has 1 saturated heterocycles. The number of nitrogens with zero attached hydrogens (tertiary/aromatic N) is 1. The Morgan fingerprint density at radius 2 is 1.84 bits per heavy atom. The minimum absolute atomic E-state index is 0.00838. The van der Waals surface area contributed by atoms with Gasteiger partial charge in [-0.1, -0.05) is 32.5 Å². The first-order chi connectivity index (χ1) is 8.99. The number of rotatable bonds is 5. The fourth-order valence-electron chi connectivity index (χ4n) is 3.50. The molecule has 0 aromatic carbocycles. The van der Waals surface area contributed by atoms with E-state index in [9.17, 15) is 9.59 Å². The zero-order valence-electron chi connectivity index (χ0n) is 11.6. The molecule has 2 aliphatic rings. The van der Waals surface area contributed by atoms with E-state index >= 15 is 0 Å². The highest BCUT2D eigenvalue weighted by atomic mass is 32.1. The monoisotopic (exact) mass is 282 g/mol. The first-order valence-electron chi connectivity index (χ1n) is 7.14. The second-order valence-corrected chi connectivity index (χ2v) is 6.26. The van der Waals surface area contributed by atoms with Crippen LogP contribution in [0.1, 0.15) is 46.0 Å². The fourth-order valence-corrected chi connectivity index (χ4v) is 3.69. The van der Waals surface area contributed by atoms with Crippen LogP contribution in [0.3, 0.4) is 0 Å². The van der Waals surface area contributed by atoms with Crippen LogP contribution < -0.4 is 5.73 Å². The summed E-state index contributed by atoms with van der Waals surface area (Å²) in [5, 5.41) is 0. The molecular weight excluding hydrogens is 260 g/mol. The van der Waals surface area contributed by atoms with E-state index in [2.05, 4.69) is 6.92 Å². The molecule has 1 aliphatic heterocycles. The van der Waals surface area contributed by atoms with Gasteiger partial charge in [-0.3, -0.25) is 14.5 Å². The van der Waals surface area contributed by atoms with Gasteiger partial charge < -0.3 is 5.73 Å². The third-order valence-corrected chi connectivity index (χ3v) is 4.79. The van der Waals surface area contributed by atoms with E-state index in [4.69, 9.17) is 18.0 Å². The summed E-state index contributed by atoms with van der Waals surface area (Å²) in [4.78, 5) is 26.8. The Kier molecular flexibility index (Phi) is 4.23. The quantitative estimate of drug-likeness (QED) is 0.617. The molecule has 2 fully saturated rings. The predicted molar refractivity (Wildman–Crippen MR) is 77.3 cm³/mol. The first-order valence-corrected chi connectivity index (χ1v) is 7.55. The van der Waals surface area contributed by atoms with E-state index in [0.29, 0.717) is 23.7 Å². The molecule has 0 bridgehead atoms. The van der Waals surface area contributed by atoms with Crippen LogP contribution in [0, 0.1) is 17.8 Å². The third kappa shape index (κ3) is 2.53. The second-order valence-electron chi connectivity index (χ2n) is 5.74. The molecule has 2 N–H and O–H groups in total. The van der Waals surface area contributed by atoms with E-state index < -0.39 is 0 Å². The lowest BCUT2D eigenvalue weighted by Gasteiger charge is -2.26. The Morgan fingerprint density at radius 3 is 2.21 bits per heavy atom. The van der Waals surface area contributed by atoms with Crippen LogP contribution in [0.4, 0.5) is 0 Å². The van der Waals surface area contributed by atoms with Crippen molar-refractivity contribution in [2.24, 2.45) is 23.5 Å². The van der Waals surface area contributed by atoms with Crippen molar-refractivity contribution in [2.45, 2.75) is 52.0 Å². The van der Waals surface area contributed by atoms with Gasteiger partial charge in [-0.2, -0.15) is 0 Å². The Labute approximate surface area is 119 Å². The number of fused-ring (bicyclic) bond motifs is 1. The zero-order valence-corrected chi connectivity index (χ0v) is 12.4. The highest BCUT2D eigenvalue weighted by molar-refractivity contribution is 7.80. The van der Waals surface area contributed by atoms with Crippen LogP contribution in [0.5, 0.6) is 0 Å². The summed E-state index contributed by atoms with van der Waals surface area (Å²) in [6, 6.07) is -0.150. The molecule has 19 heavy (non-hydrogen) atoms. The zero-order chi connectivity index (χ0) is 14.2. The molecule has 0 aromatic heterocycles. The number of hydrogen-bond donors (Lipinski definition) is 1. The highest BCUT2D eigenvalue weighted by Crippen LogP contribution is 2.45. The predicted octanol–water partition coefficient (Wildman–Crippen LogP) is 1.86. The number of hydrogen-bond acceptors (Lipinski definition) is 3. The highest BCUT2D eigenvalue weighted by Gasteiger charge is 2.53. The van der Waals surface area contributed by atoms with Gasteiger partial charge in [-0.25, -0.2) is 0 Å². The first kappa shape index (κ1) is 14.4. The standard InChI is InChI=1S/C14H22N2O2S/c1-3-8-5-10-11(6-8)14(18)16(13(10)17)9(4-2)7-12(15)19/h8-11H,3-7H2,1-2H3,(H2,15,19). The van der Waals surface area contributed by atoms with E-state index in [0.717, 1.165) is 19.3 Å². The summed E-state index contributed by atoms with van der Waals surface area (Å²) in [7, 11) is 0. The molecule has 1 heterocycles. The minimum atomic E-state index is -0.150. The Balaban J connectivity index is 2.15. The fraction of sp³-hybridized carbons (Fsp3) is 0.786. The summed E-state index contributed by atoms with van der Waals surface area (Å²) in [5.74, 6) is 0.375. The largest absolute Gasteiger partial charge is 0.393 e. The molecule has 2 rings (SSSR count). The molecule has 3 unspecified atom stereocenters. The number of amides is 2. The van der Waals surface area contributed by atoms with Crippen molar-refractivity contribution in [2.75, 3.05) is 0 Å². The van der Waals surface area contributed by atoms with Crippen LogP contribution in [-0.2, 0) is 9.59 Å². The van der Waals surface area contributed by atoms with Crippen LogP contribution in [0.2, 0.25) is 0 Å². The average Bonchev–Trinajstić information content (AvgIpc) is 2.88. The van der Waals surface area contributed by atoms with Crippen molar-refractivity contribution in [1.29, 1.82) is 0 Å². The van der Waals surface area contributed by atoms with Crippen LogP contribution in [-0.4, -0.2) is 27.7 Å². The molecule has 0 spiro atoms. The maximum Gasteiger partial charge on any atom is 0.233 e. The molecule has 106 valence electrons. The number of thiocarbonyl (C=S) groups is 1. The third-order valence-electron chi connectivity index (χ3n) is 4.62. The number of carbonyl (C=O) groups excluding carboxylic acids is 2. The van der Waals surface area contributed by atoms with Gasteiger partial charge in [0.1, 0.15) is 0 Å². The summed E-state index contributed by atoms with van der Waals surface area (Å²) < 4.78 is 0. The summed E-state index contributed by atoms with van der Waals surface area (Å²) in [5.41, 5.74) is 5.57. The van der Waals surface area contributed by atoms with Gasteiger partial charge in [0.05, 0.1) is 16.8 Å². The number of nitrogens with two attached hydrogens (primary N) is 1. The number of carbonyl (C=O) groups is 2. The Bertz CT molecular complexity index is 386. The average molecular weight is 282 g/mol. The molecule has 4 nitrogen and oxygen atoms in total. The van der Waals surface area contributed by atoms with E-state index in [-0.39, 0.29) is 29.7 Å². The number of likely N-dealkylation sites (tertiary alicyclic amines) is 1. The summed E-state index contributed by atoms with van der Waals surface area (Å²) >= 11 is 4.92. The van der Waals surface area contributed by atoms with Crippen molar-refractivity contribution >= 4 is 29.0 Å². The molecule has 0 radical (unpaired) electrons. The van der Waals surface area contributed by atoms with Crippen molar-refractivity contribution in [3.63, 3.8) is 0 Å². The van der Waals surface area contributed by atoms with Crippen LogP contribution in [0.15, 0.2) is 0 Å². The topological polar surface area (TPSA) is 63.4 Å². The summed E-state index contributed by atoms with van der Waals surface area (Å²) in [6.45, 7) is 4.09. The van der Waals surface area contributed by atoms with Gasteiger partial charge in [0.25, 0.3) is 0 Å². The molecule has 1 saturated carbocycles. The second kappa shape index (κ2) is 5.57.